The molecule has 0 radical (unpaired) electrons. The molecule has 0 aliphatic rings. The first-order valence-corrected chi connectivity index (χ1v) is 5.30. The van der Waals surface area contributed by atoms with E-state index in [1.54, 1.807) is 18.7 Å². The smallest absolute Gasteiger partial charge is 0.0952 e. The molecule has 0 aromatic carbocycles. The maximum atomic E-state index is 5.80. The molecule has 2 rings (SSSR count). The van der Waals surface area contributed by atoms with Gasteiger partial charge in [0, 0.05) is 12.4 Å². The quantitative estimate of drug-likeness (QED) is 0.746. The summed E-state index contributed by atoms with van der Waals surface area (Å²) in [4.78, 5) is 8.41. The van der Waals surface area contributed by atoms with Crippen LogP contribution in [0.5, 0.6) is 0 Å². The molecular formula is C11H12ClN3. The third kappa shape index (κ3) is 2.18. The second kappa shape index (κ2) is 4.45. The van der Waals surface area contributed by atoms with Crippen LogP contribution in [0.2, 0.25) is 0 Å². The second-order valence-electron chi connectivity index (χ2n) is 3.41. The number of nitrogens with zero attached hydrogens (tertiary/aromatic N) is 3. The second-order valence-corrected chi connectivity index (χ2v) is 3.68. The zero-order valence-corrected chi connectivity index (χ0v) is 9.28. The van der Waals surface area contributed by atoms with Gasteiger partial charge < -0.3 is 4.57 Å². The third-order valence-corrected chi connectivity index (χ3v) is 2.65. The van der Waals surface area contributed by atoms with Crippen molar-refractivity contribution in [3.05, 3.63) is 47.8 Å². The highest BCUT2D eigenvalue weighted by atomic mass is 35.5. The third-order valence-electron chi connectivity index (χ3n) is 2.37. The van der Waals surface area contributed by atoms with Gasteiger partial charge in [-0.2, -0.15) is 0 Å². The molecule has 0 saturated carbocycles. The van der Waals surface area contributed by atoms with Gasteiger partial charge in [-0.05, 0) is 18.6 Å². The van der Waals surface area contributed by atoms with E-state index in [1.165, 1.54) is 5.56 Å². The minimum Gasteiger partial charge on any atom is -0.327 e. The summed E-state index contributed by atoms with van der Waals surface area (Å²) in [5.74, 6) is 0.478. The van der Waals surface area contributed by atoms with Gasteiger partial charge in [0.05, 0.1) is 30.1 Å². The average Bonchev–Trinajstić information content (AvgIpc) is 2.69. The molecule has 0 unspecified atom stereocenters. The maximum Gasteiger partial charge on any atom is 0.0952 e. The Morgan fingerprint density at radius 1 is 1.47 bits per heavy atom. The molecule has 2 heterocycles. The Morgan fingerprint density at radius 2 is 2.33 bits per heavy atom. The number of aromatic nitrogens is 3. The van der Waals surface area contributed by atoms with Crippen LogP contribution in [0.25, 0.3) is 0 Å². The van der Waals surface area contributed by atoms with Crippen molar-refractivity contribution in [3.8, 4) is 0 Å². The molecule has 0 aliphatic heterocycles. The molecule has 2 aromatic heterocycles. The molecule has 0 amide bonds. The van der Waals surface area contributed by atoms with Crippen molar-refractivity contribution in [1.29, 1.82) is 0 Å². The number of alkyl halides is 1. The molecule has 0 spiro atoms. The van der Waals surface area contributed by atoms with E-state index in [1.807, 2.05) is 10.6 Å². The molecule has 0 saturated heterocycles. The Balaban J connectivity index is 2.26. The molecule has 0 N–H and O–H groups in total. The van der Waals surface area contributed by atoms with Crippen molar-refractivity contribution in [3.63, 3.8) is 0 Å². The molecule has 0 fully saturated rings. The zero-order valence-electron chi connectivity index (χ0n) is 8.52. The molecule has 0 bridgehead atoms. The van der Waals surface area contributed by atoms with Gasteiger partial charge in [-0.3, -0.25) is 4.98 Å². The number of pyridine rings is 1. The number of hydrogen-bond acceptors (Lipinski definition) is 2. The highest BCUT2D eigenvalue weighted by Crippen LogP contribution is 2.09. The van der Waals surface area contributed by atoms with Crippen LogP contribution in [0.15, 0.2) is 30.9 Å². The number of rotatable bonds is 3. The molecule has 0 atom stereocenters. The Morgan fingerprint density at radius 3 is 3.07 bits per heavy atom. The Kier molecular flexibility index (Phi) is 3.02. The van der Waals surface area contributed by atoms with Crippen LogP contribution in [0.3, 0.4) is 0 Å². The predicted octanol–water partition coefficient (Wildman–Crippen LogP) is 2.37. The highest BCUT2D eigenvalue weighted by Gasteiger charge is 2.04. The fourth-order valence-corrected chi connectivity index (χ4v) is 1.67. The first kappa shape index (κ1) is 10.2. The highest BCUT2D eigenvalue weighted by molar-refractivity contribution is 6.16. The normalized spacial score (nSPS) is 10.5. The van der Waals surface area contributed by atoms with Gasteiger partial charge in [-0.1, -0.05) is 6.07 Å². The van der Waals surface area contributed by atoms with Crippen LogP contribution in [0.1, 0.15) is 17.0 Å². The van der Waals surface area contributed by atoms with E-state index in [0.717, 1.165) is 17.9 Å². The van der Waals surface area contributed by atoms with E-state index in [0.29, 0.717) is 5.88 Å². The summed E-state index contributed by atoms with van der Waals surface area (Å²) < 4.78 is 2.02. The molecular weight excluding hydrogens is 210 g/mol. The van der Waals surface area contributed by atoms with Crippen molar-refractivity contribution in [2.45, 2.75) is 19.3 Å². The van der Waals surface area contributed by atoms with E-state index in [4.69, 9.17) is 11.6 Å². The minimum atomic E-state index is 0.478. The zero-order chi connectivity index (χ0) is 10.7. The van der Waals surface area contributed by atoms with Crippen molar-refractivity contribution < 1.29 is 0 Å². The fraction of sp³-hybridized carbons (Fsp3) is 0.273. The topological polar surface area (TPSA) is 30.7 Å². The summed E-state index contributed by atoms with van der Waals surface area (Å²) in [6.07, 6.45) is 5.37. The van der Waals surface area contributed by atoms with Crippen LogP contribution in [-0.2, 0) is 12.4 Å². The lowest BCUT2D eigenvalue weighted by atomic mass is 10.2. The van der Waals surface area contributed by atoms with Gasteiger partial charge in [-0.25, -0.2) is 4.98 Å². The number of aryl methyl sites for hydroxylation is 1. The van der Waals surface area contributed by atoms with Crippen LogP contribution in [0.4, 0.5) is 0 Å². The molecule has 0 aliphatic carbocycles. The lowest BCUT2D eigenvalue weighted by Gasteiger charge is -2.07. The molecule has 4 heteroatoms. The lowest BCUT2D eigenvalue weighted by molar-refractivity contribution is 0.739. The van der Waals surface area contributed by atoms with E-state index < -0.39 is 0 Å². The average molecular weight is 222 g/mol. The standard InChI is InChI=1S/C11H12ClN3/c1-9-3-2-4-14-11(9)7-15-8-13-6-10(15)5-12/h2-4,6,8H,5,7H2,1H3. The minimum absolute atomic E-state index is 0.478. The first-order valence-electron chi connectivity index (χ1n) is 4.76. The van der Waals surface area contributed by atoms with Gasteiger partial charge in [0.1, 0.15) is 0 Å². The van der Waals surface area contributed by atoms with Gasteiger partial charge in [0.15, 0.2) is 0 Å². The van der Waals surface area contributed by atoms with Crippen LogP contribution >= 0.6 is 11.6 Å². The first-order chi connectivity index (χ1) is 7.31. The molecule has 78 valence electrons. The van der Waals surface area contributed by atoms with Crippen molar-refractivity contribution in [1.82, 2.24) is 14.5 Å². The lowest BCUT2D eigenvalue weighted by Crippen LogP contribution is -2.05. The van der Waals surface area contributed by atoms with Crippen LogP contribution < -0.4 is 0 Å². The summed E-state index contributed by atoms with van der Waals surface area (Å²) >= 11 is 5.80. The SMILES string of the molecule is Cc1cccnc1Cn1cncc1CCl. The van der Waals surface area contributed by atoms with Crippen molar-refractivity contribution in [2.24, 2.45) is 0 Å². The van der Waals surface area contributed by atoms with Crippen LogP contribution in [0, 0.1) is 6.92 Å². The Bertz CT molecular complexity index is 451. The molecule has 2 aromatic rings. The summed E-state index contributed by atoms with van der Waals surface area (Å²) in [7, 11) is 0. The van der Waals surface area contributed by atoms with Crippen molar-refractivity contribution >= 4 is 11.6 Å². The van der Waals surface area contributed by atoms with Crippen molar-refractivity contribution in [2.75, 3.05) is 0 Å². The van der Waals surface area contributed by atoms with Gasteiger partial charge in [0.25, 0.3) is 0 Å². The number of hydrogen-bond donors (Lipinski definition) is 0. The Labute approximate surface area is 93.7 Å². The maximum absolute atomic E-state index is 5.80. The Hall–Kier alpha value is -1.35. The molecule has 3 nitrogen and oxygen atoms in total. The monoisotopic (exact) mass is 221 g/mol. The van der Waals surface area contributed by atoms with E-state index in [-0.39, 0.29) is 0 Å². The molecule has 15 heavy (non-hydrogen) atoms. The summed E-state index contributed by atoms with van der Waals surface area (Å²) in [5, 5.41) is 0. The van der Waals surface area contributed by atoms with Gasteiger partial charge in [0.2, 0.25) is 0 Å². The van der Waals surface area contributed by atoms with Crippen LogP contribution in [-0.4, -0.2) is 14.5 Å². The largest absolute Gasteiger partial charge is 0.327 e. The fourth-order valence-electron chi connectivity index (χ4n) is 1.45. The van der Waals surface area contributed by atoms with E-state index >= 15 is 0 Å². The summed E-state index contributed by atoms with van der Waals surface area (Å²) in [5.41, 5.74) is 3.26. The number of halogens is 1. The van der Waals surface area contributed by atoms with Gasteiger partial charge in [-0.15, -0.1) is 11.6 Å². The van der Waals surface area contributed by atoms with E-state index in [2.05, 4.69) is 23.0 Å². The number of imidazole rings is 1. The summed E-state index contributed by atoms with van der Waals surface area (Å²) in [6.45, 7) is 2.79. The predicted molar refractivity (Wildman–Crippen MR) is 59.9 cm³/mol. The summed E-state index contributed by atoms with van der Waals surface area (Å²) in [6, 6.07) is 3.99. The van der Waals surface area contributed by atoms with E-state index in [9.17, 15) is 0 Å². The van der Waals surface area contributed by atoms with Gasteiger partial charge >= 0.3 is 0 Å².